The van der Waals surface area contributed by atoms with Crippen LogP contribution >= 0.6 is 0 Å². The number of aromatic nitrogens is 3. The lowest BCUT2D eigenvalue weighted by molar-refractivity contribution is -0.211. The van der Waals surface area contributed by atoms with Gasteiger partial charge in [-0.3, -0.25) is 4.90 Å². The van der Waals surface area contributed by atoms with E-state index in [-0.39, 0.29) is 23.8 Å². The van der Waals surface area contributed by atoms with Crippen LogP contribution < -0.4 is 5.32 Å². The minimum absolute atomic E-state index is 0.0366. The fraction of sp³-hybridized carbons (Fsp3) is 0.750. The zero-order valence-corrected chi connectivity index (χ0v) is 23.7. The van der Waals surface area contributed by atoms with Crippen LogP contribution in [0.1, 0.15) is 72.8 Å². The second-order valence-corrected chi connectivity index (χ2v) is 12.9. The molecule has 10 heteroatoms. The number of nitrogens with zero attached hydrogens (tertiary/aromatic N) is 5. The summed E-state index contributed by atoms with van der Waals surface area (Å²) >= 11 is 0. The van der Waals surface area contributed by atoms with Crippen molar-refractivity contribution in [3.63, 3.8) is 0 Å². The van der Waals surface area contributed by atoms with Gasteiger partial charge in [-0.25, -0.2) is 14.8 Å². The van der Waals surface area contributed by atoms with Crippen LogP contribution in [0.15, 0.2) is 18.6 Å². The van der Waals surface area contributed by atoms with Crippen molar-refractivity contribution < 1.29 is 19.4 Å². The van der Waals surface area contributed by atoms with Crippen molar-refractivity contribution in [2.24, 2.45) is 5.92 Å². The number of hydrogen-bond acceptors (Lipinski definition) is 8. The third-order valence-electron chi connectivity index (χ3n) is 8.32. The van der Waals surface area contributed by atoms with E-state index in [0.717, 1.165) is 75.1 Å². The molecule has 1 aliphatic carbocycles. The number of carbonyl (C=O) groups excluding carboxylic acids is 1. The molecule has 0 aromatic carbocycles. The number of ether oxygens (including phenoxy) is 2. The van der Waals surface area contributed by atoms with E-state index in [9.17, 15) is 9.90 Å². The highest BCUT2D eigenvalue weighted by Crippen LogP contribution is 2.45. The average Bonchev–Trinajstić information content (AvgIpc) is 3.43. The first-order chi connectivity index (χ1) is 17.9. The third-order valence-corrected chi connectivity index (χ3v) is 8.32. The van der Waals surface area contributed by atoms with Crippen molar-refractivity contribution in [3.8, 4) is 0 Å². The normalized spacial score (nSPS) is 28.6. The maximum Gasteiger partial charge on any atom is 0.410 e. The molecule has 210 valence electrons. The molecule has 3 unspecified atom stereocenters. The van der Waals surface area contributed by atoms with Crippen molar-refractivity contribution in [3.05, 3.63) is 18.6 Å². The van der Waals surface area contributed by atoms with E-state index in [1.807, 2.05) is 38.8 Å². The minimum Gasteiger partial charge on any atom is -0.444 e. The van der Waals surface area contributed by atoms with Gasteiger partial charge in [0.1, 0.15) is 23.4 Å². The summed E-state index contributed by atoms with van der Waals surface area (Å²) in [4.78, 5) is 26.3. The zero-order valence-electron chi connectivity index (χ0n) is 23.7. The van der Waals surface area contributed by atoms with Crippen LogP contribution in [0.5, 0.6) is 0 Å². The molecule has 0 radical (unpaired) electrons. The van der Waals surface area contributed by atoms with Crippen molar-refractivity contribution in [2.45, 2.75) is 95.8 Å². The Morgan fingerprint density at radius 1 is 1.18 bits per heavy atom. The fourth-order valence-electron chi connectivity index (χ4n) is 6.69. The molecule has 3 fully saturated rings. The highest BCUT2D eigenvalue weighted by atomic mass is 16.6. The molecule has 38 heavy (non-hydrogen) atoms. The Labute approximate surface area is 225 Å². The second-order valence-electron chi connectivity index (χ2n) is 12.9. The number of amides is 1. The molecule has 2 aromatic rings. The van der Waals surface area contributed by atoms with Crippen LogP contribution in [0.4, 0.5) is 10.6 Å². The molecule has 2 saturated heterocycles. The van der Waals surface area contributed by atoms with Gasteiger partial charge in [0.05, 0.1) is 17.5 Å². The SMILES string of the molecule is CNc1ncnc2c1ccn2[C@@H]1CC(CN2CCC23CCCN(C(=O)OC(C)(C)C)C3)CC1OC(C)(C)O. The van der Waals surface area contributed by atoms with E-state index in [1.54, 1.807) is 20.2 Å². The molecule has 10 nitrogen and oxygen atoms in total. The van der Waals surface area contributed by atoms with E-state index in [2.05, 4.69) is 30.9 Å². The van der Waals surface area contributed by atoms with E-state index in [0.29, 0.717) is 5.92 Å². The quantitative estimate of drug-likeness (QED) is 0.542. The largest absolute Gasteiger partial charge is 0.444 e. The predicted octanol–water partition coefficient (Wildman–Crippen LogP) is 4.01. The minimum atomic E-state index is -1.22. The lowest BCUT2D eigenvalue weighted by Gasteiger charge is -2.57. The van der Waals surface area contributed by atoms with E-state index in [4.69, 9.17) is 9.47 Å². The Balaban J connectivity index is 1.32. The lowest BCUT2D eigenvalue weighted by atomic mass is 9.77. The van der Waals surface area contributed by atoms with Gasteiger partial charge in [0.2, 0.25) is 0 Å². The first kappa shape index (κ1) is 27.1. The number of fused-ring (bicyclic) bond motifs is 1. The summed E-state index contributed by atoms with van der Waals surface area (Å²) in [6.07, 6.45) is 8.33. The van der Waals surface area contributed by atoms with Crippen molar-refractivity contribution in [2.75, 3.05) is 38.5 Å². The summed E-state index contributed by atoms with van der Waals surface area (Å²) in [6, 6.07) is 2.11. The van der Waals surface area contributed by atoms with Gasteiger partial charge >= 0.3 is 6.09 Å². The van der Waals surface area contributed by atoms with Gasteiger partial charge < -0.3 is 29.4 Å². The first-order valence-electron chi connectivity index (χ1n) is 14.0. The summed E-state index contributed by atoms with van der Waals surface area (Å²) in [5.41, 5.74) is 0.422. The van der Waals surface area contributed by atoms with Crippen LogP contribution in [0.3, 0.4) is 0 Å². The molecule has 2 aliphatic heterocycles. The standard InChI is InChI=1S/C28H44N6O4/c1-26(2,3)38-25(35)32-11-7-9-28(17-32)10-13-33(28)16-19-14-21(22(15-19)37-27(4,5)36)34-12-8-20-23(29-6)30-18-31-24(20)34/h8,12,18-19,21-22,36H,7,9-11,13-17H2,1-6H3,(H,29,30,31)/t19?,21-,22?,28?/m1/s1. The Kier molecular flexibility index (Phi) is 7.11. The molecule has 2 N–H and O–H groups in total. The number of piperidine rings is 1. The summed E-state index contributed by atoms with van der Waals surface area (Å²) in [5, 5.41) is 14.7. The highest BCUT2D eigenvalue weighted by molar-refractivity contribution is 5.87. The summed E-state index contributed by atoms with van der Waals surface area (Å²) in [5.74, 6) is -0.0108. The molecule has 3 aliphatic rings. The molecule has 4 atom stereocenters. The van der Waals surface area contributed by atoms with Gasteiger partial charge in [-0.1, -0.05) is 0 Å². The maximum atomic E-state index is 12.8. The smallest absolute Gasteiger partial charge is 0.410 e. The molecular weight excluding hydrogens is 484 g/mol. The van der Waals surface area contributed by atoms with Crippen LogP contribution in [-0.4, -0.2) is 91.8 Å². The van der Waals surface area contributed by atoms with Crippen LogP contribution in [0.25, 0.3) is 11.0 Å². The molecule has 4 heterocycles. The predicted molar refractivity (Wildman–Crippen MR) is 146 cm³/mol. The van der Waals surface area contributed by atoms with Gasteiger partial charge in [-0.05, 0) is 78.7 Å². The summed E-state index contributed by atoms with van der Waals surface area (Å²) in [7, 11) is 1.86. The van der Waals surface area contributed by atoms with Crippen LogP contribution in [0, 0.1) is 5.92 Å². The Morgan fingerprint density at radius 3 is 2.63 bits per heavy atom. The third kappa shape index (κ3) is 5.49. The van der Waals surface area contributed by atoms with E-state index >= 15 is 0 Å². The monoisotopic (exact) mass is 528 g/mol. The average molecular weight is 529 g/mol. The number of likely N-dealkylation sites (tertiary alicyclic amines) is 2. The number of hydrogen-bond donors (Lipinski definition) is 2. The molecule has 5 rings (SSSR count). The second kappa shape index (κ2) is 9.95. The number of nitrogens with one attached hydrogen (secondary N) is 1. The van der Waals surface area contributed by atoms with Crippen molar-refractivity contribution in [1.29, 1.82) is 0 Å². The van der Waals surface area contributed by atoms with E-state index in [1.165, 1.54) is 0 Å². The Hall–Kier alpha value is -2.43. The van der Waals surface area contributed by atoms with Gasteiger partial charge in [-0.15, -0.1) is 0 Å². The Morgan fingerprint density at radius 2 is 1.97 bits per heavy atom. The van der Waals surface area contributed by atoms with Crippen LogP contribution in [-0.2, 0) is 9.47 Å². The van der Waals surface area contributed by atoms with Gasteiger partial charge in [-0.2, -0.15) is 0 Å². The first-order valence-corrected chi connectivity index (χ1v) is 14.0. The van der Waals surface area contributed by atoms with Crippen LogP contribution in [0.2, 0.25) is 0 Å². The summed E-state index contributed by atoms with van der Waals surface area (Å²) < 4.78 is 14.1. The van der Waals surface area contributed by atoms with Crippen molar-refractivity contribution >= 4 is 22.9 Å². The van der Waals surface area contributed by atoms with E-state index < -0.39 is 11.4 Å². The topological polar surface area (TPSA) is 105 Å². The molecule has 1 spiro atoms. The molecule has 2 aromatic heterocycles. The lowest BCUT2D eigenvalue weighted by Crippen LogP contribution is -2.68. The summed E-state index contributed by atoms with van der Waals surface area (Å²) in [6.45, 7) is 12.6. The van der Waals surface area contributed by atoms with Gasteiger partial charge in [0, 0.05) is 45.0 Å². The van der Waals surface area contributed by atoms with Gasteiger partial charge in [0.15, 0.2) is 5.79 Å². The molecule has 1 amide bonds. The number of rotatable bonds is 6. The molecule has 1 saturated carbocycles. The Bertz CT molecular complexity index is 1150. The molecule has 0 bridgehead atoms. The fourth-order valence-corrected chi connectivity index (χ4v) is 6.69. The number of anilines is 1. The van der Waals surface area contributed by atoms with Gasteiger partial charge in [0.25, 0.3) is 0 Å². The maximum absolute atomic E-state index is 12.8. The number of aliphatic hydroxyl groups is 1. The molecular formula is C28H44N6O4. The highest BCUT2D eigenvalue weighted by Gasteiger charge is 2.50. The van der Waals surface area contributed by atoms with Crippen molar-refractivity contribution in [1.82, 2.24) is 24.3 Å². The zero-order chi connectivity index (χ0) is 27.3. The number of carbonyl (C=O) groups is 1.